The zero-order valence-corrected chi connectivity index (χ0v) is 13.8. The zero-order chi connectivity index (χ0) is 16.2. The highest BCUT2D eigenvalue weighted by molar-refractivity contribution is 7.88. The Morgan fingerprint density at radius 3 is 2.68 bits per heavy atom. The molecule has 0 aliphatic heterocycles. The van der Waals surface area contributed by atoms with Crippen LogP contribution in [0.2, 0.25) is 0 Å². The van der Waals surface area contributed by atoms with Crippen molar-refractivity contribution in [3.63, 3.8) is 0 Å². The molecular formula is C12H21N7O2S. The summed E-state index contributed by atoms with van der Waals surface area (Å²) in [5.74, 6) is 1.34. The molecule has 122 valence electrons. The van der Waals surface area contributed by atoms with Crippen LogP contribution in [-0.2, 0) is 16.4 Å². The number of anilines is 1. The van der Waals surface area contributed by atoms with Crippen LogP contribution >= 0.6 is 0 Å². The van der Waals surface area contributed by atoms with Crippen molar-refractivity contribution in [2.75, 3.05) is 45.3 Å². The van der Waals surface area contributed by atoms with E-state index in [4.69, 9.17) is 0 Å². The number of hydrogen-bond acceptors (Lipinski definition) is 7. The Labute approximate surface area is 129 Å². The first-order valence-corrected chi connectivity index (χ1v) is 8.79. The van der Waals surface area contributed by atoms with Gasteiger partial charge in [-0.05, 0) is 26.2 Å². The lowest BCUT2D eigenvalue weighted by Gasteiger charge is -2.10. The van der Waals surface area contributed by atoms with E-state index in [1.165, 1.54) is 0 Å². The van der Waals surface area contributed by atoms with Gasteiger partial charge < -0.3 is 10.2 Å². The summed E-state index contributed by atoms with van der Waals surface area (Å²) in [6, 6.07) is 3.67. The summed E-state index contributed by atoms with van der Waals surface area (Å²) in [6.07, 6.45) is 1.54. The smallest absolute Gasteiger partial charge is 0.208 e. The van der Waals surface area contributed by atoms with E-state index < -0.39 is 10.0 Å². The van der Waals surface area contributed by atoms with Gasteiger partial charge in [-0.1, -0.05) is 0 Å². The Balaban J connectivity index is 2.05. The molecule has 2 aromatic heterocycles. The summed E-state index contributed by atoms with van der Waals surface area (Å²) in [7, 11) is 0.806. The second-order valence-electron chi connectivity index (χ2n) is 5.25. The normalized spacial score (nSPS) is 12.2. The lowest BCUT2D eigenvalue weighted by atomic mass is 10.4. The summed E-state index contributed by atoms with van der Waals surface area (Å²) < 4.78 is 26.2. The molecule has 0 aromatic carbocycles. The number of likely N-dealkylation sites (N-methyl/N-ethyl adjacent to an activating group) is 1. The monoisotopic (exact) mass is 327 g/mol. The highest BCUT2D eigenvalue weighted by Crippen LogP contribution is 2.07. The van der Waals surface area contributed by atoms with Gasteiger partial charge in [-0.3, -0.25) is 0 Å². The molecule has 0 saturated heterocycles. The first-order chi connectivity index (χ1) is 10.3. The molecule has 0 bridgehead atoms. The van der Waals surface area contributed by atoms with Gasteiger partial charge in [0.05, 0.1) is 6.26 Å². The molecule has 0 aliphatic rings. The van der Waals surface area contributed by atoms with Gasteiger partial charge in [0.25, 0.3) is 0 Å². The Bertz CT molecular complexity index is 726. The van der Waals surface area contributed by atoms with Crippen molar-refractivity contribution in [2.45, 2.75) is 6.42 Å². The van der Waals surface area contributed by atoms with Crippen molar-refractivity contribution in [1.29, 1.82) is 0 Å². The molecule has 10 heteroatoms. The number of rotatable bonds is 8. The van der Waals surface area contributed by atoms with Crippen LogP contribution in [0.15, 0.2) is 12.1 Å². The minimum atomic E-state index is -3.20. The maximum Gasteiger partial charge on any atom is 0.208 e. The summed E-state index contributed by atoms with van der Waals surface area (Å²) in [6.45, 7) is 1.94. The molecule has 22 heavy (non-hydrogen) atoms. The maximum atomic E-state index is 11.1. The van der Waals surface area contributed by atoms with E-state index >= 15 is 0 Å². The van der Waals surface area contributed by atoms with E-state index in [9.17, 15) is 8.42 Å². The fourth-order valence-corrected chi connectivity index (χ4v) is 2.31. The van der Waals surface area contributed by atoms with Crippen molar-refractivity contribution in [3.8, 4) is 0 Å². The van der Waals surface area contributed by atoms with Gasteiger partial charge in [0.15, 0.2) is 11.5 Å². The molecule has 2 heterocycles. The number of hydrogen-bond donors (Lipinski definition) is 2. The Hall–Kier alpha value is -1.78. The molecule has 9 nitrogen and oxygen atoms in total. The third-order valence-corrected chi connectivity index (χ3v) is 3.63. The molecule has 0 aliphatic carbocycles. The fraction of sp³-hybridized carbons (Fsp3) is 0.583. The Kier molecular flexibility index (Phi) is 5.27. The second-order valence-corrected chi connectivity index (χ2v) is 7.08. The van der Waals surface area contributed by atoms with Crippen molar-refractivity contribution >= 4 is 21.5 Å². The average molecular weight is 327 g/mol. The molecule has 0 amide bonds. The van der Waals surface area contributed by atoms with Gasteiger partial charge in [-0.15, -0.1) is 15.3 Å². The fourth-order valence-electron chi connectivity index (χ4n) is 1.84. The second kappa shape index (κ2) is 6.99. The molecule has 0 fully saturated rings. The van der Waals surface area contributed by atoms with Gasteiger partial charge in [0, 0.05) is 26.1 Å². The summed E-state index contributed by atoms with van der Waals surface area (Å²) in [5, 5.41) is 15.7. The standard InChI is InChI=1S/C12H21N7O2S/c1-18(2)9-8-13-10-4-5-11-15-16-12(19(11)17-10)6-7-14-22(3,20)21/h4-5,14H,6-9H2,1-3H3,(H,13,17). The van der Waals surface area contributed by atoms with Gasteiger partial charge in [-0.2, -0.15) is 4.52 Å². The van der Waals surface area contributed by atoms with Gasteiger partial charge in [-0.25, -0.2) is 13.1 Å². The van der Waals surface area contributed by atoms with E-state index in [0.29, 0.717) is 17.9 Å². The molecule has 0 spiro atoms. The minimum Gasteiger partial charge on any atom is -0.367 e. The van der Waals surface area contributed by atoms with Crippen LogP contribution in [0.4, 0.5) is 5.82 Å². The topological polar surface area (TPSA) is 105 Å². The highest BCUT2D eigenvalue weighted by atomic mass is 32.2. The first kappa shape index (κ1) is 16.6. The lowest BCUT2D eigenvalue weighted by molar-refractivity contribution is 0.425. The Morgan fingerprint density at radius 2 is 2.00 bits per heavy atom. The van der Waals surface area contributed by atoms with Crippen LogP contribution < -0.4 is 10.0 Å². The number of nitrogens with one attached hydrogen (secondary N) is 2. The van der Waals surface area contributed by atoms with E-state index in [2.05, 4.69) is 30.2 Å². The largest absolute Gasteiger partial charge is 0.367 e. The number of sulfonamides is 1. The van der Waals surface area contributed by atoms with Gasteiger partial charge in [0.2, 0.25) is 10.0 Å². The molecular weight excluding hydrogens is 306 g/mol. The first-order valence-electron chi connectivity index (χ1n) is 6.90. The maximum absolute atomic E-state index is 11.1. The van der Waals surface area contributed by atoms with Crippen molar-refractivity contribution in [1.82, 2.24) is 29.4 Å². The summed E-state index contributed by atoms with van der Waals surface area (Å²) in [5.41, 5.74) is 0.632. The average Bonchev–Trinajstić information content (AvgIpc) is 2.80. The van der Waals surface area contributed by atoms with E-state index in [-0.39, 0.29) is 6.54 Å². The van der Waals surface area contributed by atoms with Gasteiger partial charge >= 0.3 is 0 Å². The summed E-state index contributed by atoms with van der Waals surface area (Å²) in [4.78, 5) is 2.08. The molecule has 0 atom stereocenters. The predicted molar refractivity (Wildman–Crippen MR) is 84.4 cm³/mol. The highest BCUT2D eigenvalue weighted by Gasteiger charge is 2.09. The predicted octanol–water partition coefficient (Wildman–Crippen LogP) is -0.810. The van der Waals surface area contributed by atoms with Crippen molar-refractivity contribution < 1.29 is 8.42 Å². The lowest BCUT2D eigenvalue weighted by Crippen LogP contribution is -2.25. The number of fused-ring (bicyclic) bond motifs is 1. The van der Waals surface area contributed by atoms with Crippen LogP contribution in [0.3, 0.4) is 0 Å². The molecule has 2 aromatic rings. The van der Waals surface area contributed by atoms with E-state index in [1.54, 1.807) is 4.52 Å². The van der Waals surface area contributed by atoms with Crippen LogP contribution in [0, 0.1) is 0 Å². The van der Waals surface area contributed by atoms with E-state index in [0.717, 1.165) is 25.2 Å². The summed E-state index contributed by atoms with van der Waals surface area (Å²) >= 11 is 0. The van der Waals surface area contributed by atoms with Crippen LogP contribution in [0.1, 0.15) is 5.82 Å². The van der Waals surface area contributed by atoms with Crippen LogP contribution in [-0.4, -0.2) is 73.1 Å². The van der Waals surface area contributed by atoms with E-state index in [1.807, 2.05) is 26.2 Å². The van der Waals surface area contributed by atoms with Gasteiger partial charge in [0.1, 0.15) is 5.82 Å². The van der Waals surface area contributed by atoms with Crippen LogP contribution in [0.5, 0.6) is 0 Å². The van der Waals surface area contributed by atoms with Crippen molar-refractivity contribution in [2.24, 2.45) is 0 Å². The molecule has 2 rings (SSSR count). The Morgan fingerprint density at radius 1 is 1.23 bits per heavy atom. The van der Waals surface area contributed by atoms with Crippen molar-refractivity contribution in [3.05, 3.63) is 18.0 Å². The third-order valence-electron chi connectivity index (χ3n) is 2.91. The molecule has 0 unspecified atom stereocenters. The van der Waals surface area contributed by atoms with Crippen LogP contribution in [0.25, 0.3) is 5.65 Å². The SMILES string of the molecule is CN(C)CCNc1ccc2nnc(CCNS(C)(=O)=O)n2n1. The molecule has 0 radical (unpaired) electrons. The molecule has 0 saturated carbocycles. The number of aromatic nitrogens is 4. The number of nitrogens with zero attached hydrogens (tertiary/aromatic N) is 5. The zero-order valence-electron chi connectivity index (χ0n) is 12.9. The minimum absolute atomic E-state index is 0.263. The third kappa shape index (κ3) is 4.90. The quantitative estimate of drug-likeness (QED) is 0.653. The molecule has 2 N–H and O–H groups in total.